The highest BCUT2D eigenvalue weighted by Crippen LogP contribution is 2.28. The van der Waals surface area contributed by atoms with Crippen LogP contribution in [-0.4, -0.2) is 58.7 Å². The number of carbonyl (C=O) groups is 4. The Morgan fingerprint density at radius 1 is 0.744 bits per heavy atom. The number of rotatable bonds is 2. The topological polar surface area (TPSA) is 141 Å². The average molecular weight is 609 g/mol. The number of methoxy groups -OCH3 is 2. The Labute approximate surface area is 231 Å². The first-order valence-electron chi connectivity index (χ1n) is 11.6. The van der Waals surface area contributed by atoms with Crippen LogP contribution in [0.25, 0.3) is 22.2 Å². The zero-order chi connectivity index (χ0) is 29.3. The molecule has 0 radical (unpaired) electrons. The number of ether oxygens (including phenoxy) is 4. The maximum atomic E-state index is 12.3. The molecular formula is C26H29BrN2O10. The number of nitrogens with zero attached hydrogens (tertiary/aromatic N) is 2. The molecule has 4 aromatic rings. The maximum Gasteiger partial charge on any atom is 0.419 e. The van der Waals surface area contributed by atoms with Gasteiger partial charge in [0.2, 0.25) is 0 Å². The number of hydrogen-bond donors (Lipinski definition) is 0. The van der Waals surface area contributed by atoms with Gasteiger partial charge in [0.1, 0.15) is 22.6 Å². The summed E-state index contributed by atoms with van der Waals surface area (Å²) in [6.07, 6.45) is 0.123. The standard InChI is InChI=1S/C13H14BrNO5.C13H15NO5/c1-13(2,3)20-12(17)15-7-6-10(14)19-9(7)5-8(15)11(16)18-4;1-13(2,3)19-12(16)14-8-5-6-18-10(8)7-9(14)11(15)17-4/h5-6H,1-4H3;5-7H,1-4H3. The second-order valence-corrected chi connectivity index (χ2v) is 10.9. The smallest absolute Gasteiger partial charge is 0.419 e. The van der Waals surface area contributed by atoms with Crippen molar-refractivity contribution < 1.29 is 47.0 Å². The highest BCUT2D eigenvalue weighted by atomic mass is 79.9. The second kappa shape index (κ2) is 11.0. The van der Waals surface area contributed by atoms with E-state index in [0.717, 1.165) is 9.13 Å². The summed E-state index contributed by atoms with van der Waals surface area (Å²) in [6, 6.07) is 6.07. The zero-order valence-corrected chi connectivity index (χ0v) is 24.3. The molecule has 0 aliphatic carbocycles. The fourth-order valence-electron chi connectivity index (χ4n) is 3.41. The normalized spacial score (nSPS) is 11.6. The summed E-state index contributed by atoms with van der Waals surface area (Å²) in [5, 5.41) is 0. The third-order valence-corrected chi connectivity index (χ3v) is 5.21. The van der Waals surface area contributed by atoms with Crippen molar-refractivity contribution >= 4 is 62.3 Å². The number of aromatic nitrogens is 2. The summed E-state index contributed by atoms with van der Waals surface area (Å²) < 4.78 is 33.1. The molecule has 0 amide bonds. The lowest BCUT2D eigenvalue weighted by atomic mass is 10.2. The third kappa shape index (κ3) is 6.72. The van der Waals surface area contributed by atoms with Crippen LogP contribution < -0.4 is 0 Å². The van der Waals surface area contributed by atoms with Crippen LogP contribution in [0.1, 0.15) is 62.5 Å². The van der Waals surface area contributed by atoms with E-state index in [1.165, 1.54) is 32.6 Å². The molecule has 0 aliphatic heterocycles. The molecule has 13 heteroatoms. The highest BCUT2D eigenvalue weighted by Gasteiger charge is 2.28. The molecule has 0 aliphatic rings. The minimum Gasteiger partial charge on any atom is -0.464 e. The summed E-state index contributed by atoms with van der Waals surface area (Å²) in [7, 11) is 2.49. The monoisotopic (exact) mass is 608 g/mol. The molecule has 0 saturated carbocycles. The predicted molar refractivity (Wildman–Crippen MR) is 142 cm³/mol. The van der Waals surface area contributed by atoms with Crippen LogP contribution in [0.2, 0.25) is 0 Å². The number of carbonyl (C=O) groups excluding carboxylic acids is 4. The van der Waals surface area contributed by atoms with Gasteiger partial charge in [-0.25, -0.2) is 28.3 Å². The molecule has 0 atom stereocenters. The van der Waals surface area contributed by atoms with Gasteiger partial charge in [-0.1, -0.05) is 0 Å². The highest BCUT2D eigenvalue weighted by molar-refractivity contribution is 9.10. The molecule has 0 saturated heterocycles. The van der Waals surface area contributed by atoms with E-state index in [0.29, 0.717) is 26.9 Å². The SMILES string of the molecule is COC(=O)c1cc2oc(Br)cc2n1C(=O)OC(C)(C)C.COC(=O)c1cc2occc2n1C(=O)OC(C)(C)C. The van der Waals surface area contributed by atoms with E-state index in [1.807, 2.05) is 0 Å². The molecule has 0 N–H and O–H groups in total. The molecule has 4 rings (SSSR count). The van der Waals surface area contributed by atoms with Gasteiger partial charge in [-0.2, -0.15) is 0 Å². The van der Waals surface area contributed by atoms with Gasteiger partial charge in [0.25, 0.3) is 0 Å². The molecule has 4 aromatic heterocycles. The van der Waals surface area contributed by atoms with Crippen LogP contribution in [0.15, 0.2) is 44.0 Å². The maximum absolute atomic E-state index is 12.3. The van der Waals surface area contributed by atoms with Crippen molar-refractivity contribution in [2.24, 2.45) is 0 Å². The molecule has 210 valence electrons. The van der Waals surface area contributed by atoms with Crippen LogP contribution in [0, 0.1) is 0 Å². The Bertz CT molecular complexity index is 1540. The van der Waals surface area contributed by atoms with Crippen molar-refractivity contribution in [2.75, 3.05) is 14.2 Å². The molecular weight excluding hydrogens is 580 g/mol. The van der Waals surface area contributed by atoms with E-state index in [2.05, 4.69) is 25.4 Å². The van der Waals surface area contributed by atoms with E-state index in [1.54, 1.807) is 53.7 Å². The Balaban J connectivity index is 0.000000216. The molecule has 0 fully saturated rings. The van der Waals surface area contributed by atoms with Crippen LogP contribution in [0.4, 0.5) is 9.59 Å². The summed E-state index contributed by atoms with van der Waals surface area (Å²) in [4.78, 5) is 47.9. The fraction of sp³-hybridized carbons (Fsp3) is 0.385. The van der Waals surface area contributed by atoms with Gasteiger partial charge < -0.3 is 27.8 Å². The van der Waals surface area contributed by atoms with Crippen molar-refractivity contribution in [3.05, 3.63) is 46.6 Å². The summed E-state index contributed by atoms with van der Waals surface area (Å²) in [6.45, 7) is 10.5. The van der Waals surface area contributed by atoms with Crippen LogP contribution in [0.5, 0.6) is 0 Å². The molecule has 0 spiro atoms. The van der Waals surface area contributed by atoms with Crippen LogP contribution >= 0.6 is 15.9 Å². The summed E-state index contributed by atoms with van der Waals surface area (Å²) in [5.74, 6) is -1.27. The van der Waals surface area contributed by atoms with Gasteiger partial charge in [-0.15, -0.1) is 0 Å². The van der Waals surface area contributed by atoms with Crippen LogP contribution in [0.3, 0.4) is 0 Å². The Morgan fingerprint density at radius 2 is 1.21 bits per heavy atom. The number of esters is 2. The number of furan rings is 2. The fourth-order valence-corrected chi connectivity index (χ4v) is 3.80. The largest absolute Gasteiger partial charge is 0.464 e. The Morgan fingerprint density at radius 3 is 1.67 bits per heavy atom. The average Bonchev–Trinajstić information content (AvgIpc) is 3.54. The second-order valence-electron chi connectivity index (χ2n) is 10.1. The van der Waals surface area contributed by atoms with Gasteiger partial charge in [0.15, 0.2) is 15.8 Å². The first-order chi connectivity index (χ1) is 18.1. The van der Waals surface area contributed by atoms with Crippen LogP contribution in [-0.2, 0) is 18.9 Å². The lowest BCUT2D eigenvalue weighted by Gasteiger charge is -2.20. The molecule has 0 bridgehead atoms. The van der Waals surface area contributed by atoms with Crippen molar-refractivity contribution in [2.45, 2.75) is 52.7 Å². The van der Waals surface area contributed by atoms with Gasteiger partial charge >= 0.3 is 24.1 Å². The number of halogens is 1. The minimum absolute atomic E-state index is 0.0583. The van der Waals surface area contributed by atoms with Gasteiger partial charge in [0, 0.05) is 24.3 Å². The first-order valence-corrected chi connectivity index (χ1v) is 12.4. The quantitative estimate of drug-likeness (QED) is 0.186. The van der Waals surface area contributed by atoms with Crippen molar-refractivity contribution in [3.63, 3.8) is 0 Å². The minimum atomic E-state index is -0.679. The Hall–Kier alpha value is -4.00. The number of hydrogen-bond acceptors (Lipinski definition) is 10. The number of fused-ring (bicyclic) bond motifs is 2. The van der Waals surface area contributed by atoms with E-state index < -0.39 is 35.3 Å². The van der Waals surface area contributed by atoms with Gasteiger partial charge in [0.05, 0.1) is 31.5 Å². The van der Waals surface area contributed by atoms with E-state index in [-0.39, 0.29) is 11.4 Å². The van der Waals surface area contributed by atoms with E-state index >= 15 is 0 Å². The summed E-state index contributed by atoms with van der Waals surface area (Å²) in [5.41, 5.74) is 0.511. The van der Waals surface area contributed by atoms with Gasteiger partial charge in [-0.05, 0) is 57.5 Å². The Kier molecular flexibility index (Phi) is 8.34. The molecule has 39 heavy (non-hydrogen) atoms. The molecule has 0 unspecified atom stereocenters. The zero-order valence-electron chi connectivity index (χ0n) is 22.7. The third-order valence-electron chi connectivity index (χ3n) is 4.82. The lowest BCUT2D eigenvalue weighted by molar-refractivity contribution is 0.0488. The van der Waals surface area contributed by atoms with E-state index in [4.69, 9.17) is 18.3 Å². The predicted octanol–water partition coefficient (Wildman–Crippen LogP) is 6.37. The first kappa shape index (κ1) is 29.6. The van der Waals surface area contributed by atoms with Crippen molar-refractivity contribution in [1.82, 2.24) is 9.13 Å². The van der Waals surface area contributed by atoms with E-state index in [9.17, 15) is 19.2 Å². The van der Waals surface area contributed by atoms with Crippen molar-refractivity contribution in [1.29, 1.82) is 0 Å². The molecule has 0 aromatic carbocycles. The van der Waals surface area contributed by atoms with Gasteiger partial charge in [-0.3, -0.25) is 0 Å². The lowest BCUT2D eigenvalue weighted by Crippen LogP contribution is -2.28. The summed E-state index contributed by atoms with van der Waals surface area (Å²) >= 11 is 3.18. The molecule has 4 heterocycles. The van der Waals surface area contributed by atoms with Crippen molar-refractivity contribution in [3.8, 4) is 0 Å². The molecule has 12 nitrogen and oxygen atoms in total.